The average Bonchev–Trinajstić information content (AvgIpc) is 2.91. The summed E-state index contributed by atoms with van der Waals surface area (Å²) in [5, 5.41) is 20.7. The van der Waals surface area contributed by atoms with Crippen molar-refractivity contribution < 1.29 is 40.5 Å². The summed E-state index contributed by atoms with van der Waals surface area (Å²) in [7, 11) is 0. The predicted octanol–water partition coefficient (Wildman–Crippen LogP) is 2.97. The van der Waals surface area contributed by atoms with Crippen LogP contribution in [-0.2, 0) is 15.8 Å². The highest BCUT2D eigenvalue weighted by atomic mass is 35.5. The standard InChI is InChI=1S/C21H18Cl2F3N3O5/c1-9-7-10(21(24,25)26)8-13(27-9)29-15(16(30)17(31)20(29)33)19(32)28-5-2-6-34-18-12(28)4-3-11(22)14(18)23/h3-4,7-8,15-17,30-31H,2,5-6H2,1H3/t15-,16-,17-/m0/s1/i6D2. The maximum Gasteiger partial charge on any atom is 0.416 e. The van der Waals surface area contributed by atoms with E-state index < -0.39 is 54.2 Å². The third kappa shape index (κ3) is 4.17. The number of aliphatic hydroxyl groups excluding tert-OH is 2. The number of hydrogen-bond acceptors (Lipinski definition) is 6. The molecule has 4 rings (SSSR count). The number of fused-ring (bicyclic) bond motifs is 1. The maximum absolute atomic E-state index is 13.7. The lowest BCUT2D eigenvalue weighted by atomic mass is 10.1. The normalized spacial score (nSPS) is 25.3. The number of aryl methyl sites for hydroxylation is 1. The van der Waals surface area contributed by atoms with Gasteiger partial charge < -0.3 is 19.8 Å². The molecule has 1 fully saturated rings. The molecule has 182 valence electrons. The number of amides is 2. The van der Waals surface area contributed by atoms with E-state index >= 15 is 0 Å². The Morgan fingerprint density at radius 1 is 1.29 bits per heavy atom. The summed E-state index contributed by atoms with van der Waals surface area (Å²) in [4.78, 5) is 31.9. The van der Waals surface area contributed by atoms with E-state index in [1.807, 2.05) is 0 Å². The second-order valence-electron chi connectivity index (χ2n) is 7.64. The highest BCUT2D eigenvalue weighted by molar-refractivity contribution is 6.43. The first-order valence-electron chi connectivity index (χ1n) is 10.9. The summed E-state index contributed by atoms with van der Waals surface area (Å²) in [5.74, 6) is -3.15. The van der Waals surface area contributed by atoms with E-state index in [-0.39, 0.29) is 40.1 Å². The van der Waals surface area contributed by atoms with Crippen LogP contribution in [0.15, 0.2) is 24.3 Å². The van der Waals surface area contributed by atoms with Crippen molar-refractivity contribution in [2.75, 3.05) is 22.9 Å². The minimum Gasteiger partial charge on any atom is -0.490 e. The number of ether oxygens (including phenoxy) is 1. The van der Waals surface area contributed by atoms with Crippen LogP contribution in [0.2, 0.25) is 10.0 Å². The zero-order valence-electron chi connectivity index (χ0n) is 19.3. The van der Waals surface area contributed by atoms with Gasteiger partial charge in [-0.15, -0.1) is 0 Å². The van der Waals surface area contributed by atoms with Gasteiger partial charge in [-0.1, -0.05) is 23.2 Å². The Morgan fingerprint density at radius 3 is 2.68 bits per heavy atom. The number of halogens is 5. The Hall–Kier alpha value is -2.60. The summed E-state index contributed by atoms with van der Waals surface area (Å²) < 4.78 is 61.6. The van der Waals surface area contributed by atoms with Crippen LogP contribution >= 0.6 is 23.2 Å². The molecule has 3 atom stereocenters. The molecule has 13 heteroatoms. The molecule has 0 unspecified atom stereocenters. The maximum atomic E-state index is 13.7. The summed E-state index contributed by atoms with van der Waals surface area (Å²) >= 11 is 12.2. The molecule has 0 saturated carbocycles. The van der Waals surface area contributed by atoms with Crippen molar-refractivity contribution in [3.05, 3.63) is 45.6 Å². The lowest BCUT2D eigenvalue weighted by Gasteiger charge is -2.31. The van der Waals surface area contributed by atoms with Gasteiger partial charge in [0.2, 0.25) is 0 Å². The van der Waals surface area contributed by atoms with Gasteiger partial charge in [-0.25, -0.2) is 4.98 Å². The van der Waals surface area contributed by atoms with Crippen molar-refractivity contribution in [1.29, 1.82) is 0 Å². The van der Waals surface area contributed by atoms with Crippen LogP contribution in [0.4, 0.5) is 24.7 Å². The summed E-state index contributed by atoms with van der Waals surface area (Å²) in [6.45, 7) is -1.37. The number of aromatic nitrogens is 1. The minimum absolute atomic E-state index is 0.00251. The summed E-state index contributed by atoms with van der Waals surface area (Å²) in [6.07, 6.45) is -9.33. The molecule has 8 nitrogen and oxygen atoms in total. The Balaban J connectivity index is 1.83. The molecule has 3 heterocycles. The minimum atomic E-state index is -4.80. The van der Waals surface area contributed by atoms with E-state index in [2.05, 4.69) is 4.98 Å². The van der Waals surface area contributed by atoms with Gasteiger partial charge in [-0.3, -0.25) is 14.5 Å². The topological polar surface area (TPSA) is 103 Å². The van der Waals surface area contributed by atoms with Crippen LogP contribution in [0.1, 0.15) is 20.4 Å². The van der Waals surface area contributed by atoms with Gasteiger partial charge >= 0.3 is 6.18 Å². The number of aliphatic hydroxyl groups is 2. The van der Waals surface area contributed by atoms with E-state index in [9.17, 15) is 33.0 Å². The molecule has 0 radical (unpaired) electrons. The first-order valence-corrected chi connectivity index (χ1v) is 10.6. The monoisotopic (exact) mass is 521 g/mol. The van der Waals surface area contributed by atoms with Crippen molar-refractivity contribution in [3.63, 3.8) is 0 Å². The Labute approximate surface area is 204 Å². The molecule has 2 aliphatic rings. The van der Waals surface area contributed by atoms with Crippen LogP contribution in [-0.4, -0.2) is 58.4 Å². The summed E-state index contributed by atoms with van der Waals surface area (Å²) in [6, 6.07) is 2.00. The molecule has 1 aromatic carbocycles. The molecule has 1 aromatic heterocycles. The molecular weight excluding hydrogens is 502 g/mol. The number of benzene rings is 1. The van der Waals surface area contributed by atoms with Crippen LogP contribution in [0, 0.1) is 6.92 Å². The number of alkyl halides is 3. The van der Waals surface area contributed by atoms with Gasteiger partial charge in [0, 0.05) is 12.2 Å². The number of rotatable bonds is 2. The second-order valence-corrected chi connectivity index (χ2v) is 8.42. The molecule has 2 N–H and O–H groups in total. The number of nitrogens with zero attached hydrogens (tertiary/aromatic N) is 3. The fourth-order valence-corrected chi connectivity index (χ4v) is 4.17. The molecule has 1 saturated heterocycles. The number of pyridine rings is 1. The number of anilines is 2. The van der Waals surface area contributed by atoms with Gasteiger partial charge in [0.25, 0.3) is 11.8 Å². The third-order valence-electron chi connectivity index (χ3n) is 5.38. The first-order chi connectivity index (χ1) is 16.6. The smallest absolute Gasteiger partial charge is 0.416 e. The van der Waals surface area contributed by atoms with Crippen LogP contribution in [0.3, 0.4) is 0 Å². The second kappa shape index (κ2) is 8.88. The third-order valence-corrected chi connectivity index (χ3v) is 6.17. The van der Waals surface area contributed by atoms with Gasteiger partial charge in [-0.05, 0) is 37.6 Å². The zero-order valence-corrected chi connectivity index (χ0v) is 18.8. The molecule has 34 heavy (non-hydrogen) atoms. The van der Waals surface area contributed by atoms with Crippen LogP contribution in [0.5, 0.6) is 5.75 Å². The lowest BCUT2D eigenvalue weighted by molar-refractivity contribution is -0.137. The van der Waals surface area contributed by atoms with E-state index in [1.165, 1.54) is 19.1 Å². The highest BCUT2D eigenvalue weighted by Gasteiger charge is 2.53. The molecule has 0 spiro atoms. The molecule has 0 bridgehead atoms. The van der Waals surface area contributed by atoms with Gasteiger partial charge in [0.15, 0.2) is 11.9 Å². The van der Waals surface area contributed by atoms with E-state index in [0.29, 0.717) is 11.0 Å². The Kier molecular flexibility index (Phi) is 5.72. The van der Waals surface area contributed by atoms with Gasteiger partial charge in [0.1, 0.15) is 23.0 Å². The number of hydrogen-bond donors (Lipinski definition) is 2. The molecule has 2 amide bonds. The van der Waals surface area contributed by atoms with Crippen LogP contribution in [0.25, 0.3) is 0 Å². The van der Waals surface area contributed by atoms with E-state index in [1.54, 1.807) is 0 Å². The molecule has 0 aliphatic carbocycles. The number of carbonyl (C=O) groups excluding carboxylic acids is 2. The average molecular weight is 522 g/mol. The molecule has 2 aliphatic heterocycles. The fraction of sp³-hybridized carbons (Fsp3) is 0.381. The van der Waals surface area contributed by atoms with Crippen molar-refractivity contribution in [1.82, 2.24) is 4.98 Å². The van der Waals surface area contributed by atoms with Crippen molar-refractivity contribution in [2.24, 2.45) is 0 Å². The van der Waals surface area contributed by atoms with E-state index in [0.717, 1.165) is 11.0 Å². The first kappa shape index (κ1) is 21.9. The van der Waals surface area contributed by atoms with Crippen LogP contribution < -0.4 is 14.5 Å². The molecular formula is C21H18Cl2F3N3O5. The van der Waals surface area contributed by atoms with Gasteiger partial charge in [0.05, 0.1) is 25.6 Å². The lowest BCUT2D eigenvalue weighted by Crippen LogP contribution is -2.51. The Bertz CT molecular complexity index is 1250. The Morgan fingerprint density at radius 2 is 2.00 bits per heavy atom. The largest absolute Gasteiger partial charge is 0.490 e. The van der Waals surface area contributed by atoms with Crippen molar-refractivity contribution >= 4 is 46.5 Å². The summed E-state index contributed by atoms with van der Waals surface area (Å²) in [5.41, 5.74) is -1.33. The quantitative estimate of drug-likeness (QED) is 0.629. The number of carbonyl (C=O) groups is 2. The van der Waals surface area contributed by atoms with E-state index in [4.69, 9.17) is 30.7 Å². The fourth-order valence-electron chi connectivity index (χ4n) is 3.82. The zero-order chi connectivity index (χ0) is 26.7. The molecule has 2 aromatic rings. The van der Waals surface area contributed by atoms with Gasteiger partial charge in [-0.2, -0.15) is 13.2 Å². The van der Waals surface area contributed by atoms with Crippen molar-refractivity contribution in [3.8, 4) is 5.75 Å². The predicted molar refractivity (Wildman–Crippen MR) is 116 cm³/mol. The highest BCUT2D eigenvalue weighted by Crippen LogP contribution is 2.43. The van der Waals surface area contributed by atoms with Crippen molar-refractivity contribution in [2.45, 2.75) is 37.8 Å². The SMILES string of the molecule is [2H]C1([2H])CCN(C(=O)[C@@H]2[C@H](O)[C@H](O)C(=O)N2c2cc(C(F)(F)F)cc(C)n2)c2ccc(Cl)c(Cl)c2O1.